The number of nitrogens with zero attached hydrogens (tertiary/aromatic N) is 1. The Morgan fingerprint density at radius 2 is 2.18 bits per heavy atom. The summed E-state index contributed by atoms with van der Waals surface area (Å²) in [6.07, 6.45) is -2.54. The minimum atomic E-state index is -4.44. The summed E-state index contributed by atoms with van der Waals surface area (Å²) in [5.74, 6) is -0.0414. The van der Waals surface area contributed by atoms with Gasteiger partial charge in [0, 0.05) is 30.9 Å². The summed E-state index contributed by atoms with van der Waals surface area (Å²) in [4.78, 5) is 13.1. The maximum Gasteiger partial charge on any atom is 0.416 e. The number of halogens is 3. The van der Waals surface area contributed by atoms with Gasteiger partial charge in [0.2, 0.25) is 5.91 Å². The van der Waals surface area contributed by atoms with Gasteiger partial charge >= 0.3 is 6.18 Å². The summed E-state index contributed by atoms with van der Waals surface area (Å²) in [6.45, 7) is 4.41. The molecule has 0 saturated carbocycles. The maximum atomic E-state index is 12.9. The first kappa shape index (κ1) is 16.2. The van der Waals surface area contributed by atoms with Crippen LogP contribution in [0.25, 0.3) is 0 Å². The molecule has 1 heterocycles. The SMILES string of the molecule is C=CC(=O)N1CC[C@H](Nc2cc(OC)cc(C(F)(F)F)c2)C1. The standard InChI is InChI=1S/C15H17F3N2O2/c1-3-14(21)20-5-4-11(9-20)19-12-6-10(15(16,17)18)7-13(8-12)22-2/h3,6-8,11,19H,1,4-5,9H2,2H3/t11-/m0/s1. The van der Waals surface area contributed by atoms with Crippen molar-refractivity contribution in [3.8, 4) is 5.75 Å². The average Bonchev–Trinajstić information content (AvgIpc) is 2.93. The van der Waals surface area contributed by atoms with E-state index in [0.717, 1.165) is 12.1 Å². The number of ether oxygens (including phenoxy) is 1. The lowest BCUT2D eigenvalue weighted by Crippen LogP contribution is -2.30. The first-order chi connectivity index (χ1) is 10.3. The number of anilines is 1. The van der Waals surface area contributed by atoms with Crippen LogP contribution in [0.2, 0.25) is 0 Å². The summed E-state index contributed by atoms with van der Waals surface area (Å²) >= 11 is 0. The lowest BCUT2D eigenvalue weighted by atomic mass is 10.1. The zero-order chi connectivity index (χ0) is 16.3. The third-order valence-corrected chi connectivity index (χ3v) is 3.51. The van der Waals surface area contributed by atoms with E-state index in [4.69, 9.17) is 4.74 Å². The van der Waals surface area contributed by atoms with Gasteiger partial charge in [0.05, 0.1) is 12.7 Å². The van der Waals surface area contributed by atoms with Crippen molar-refractivity contribution in [3.63, 3.8) is 0 Å². The number of carbonyl (C=O) groups is 1. The van der Waals surface area contributed by atoms with E-state index in [-0.39, 0.29) is 17.7 Å². The highest BCUT2D eigenvalue weighted by molar-refractivity contribution is 5.87. The lowest BCUT2D eigenvalue weighted by Gasteiger charge is -2.18. The smallest absolute Gasteiger partial charge is 0.416 e. The highest BCUT2D eigenvalue weighted by atomic mass is 19.4. The Morgan fingerprint density at radius 3 is 2.77 bits per heavy atom. The van der Waals surface area contributed by atoms with Crippen molar-refractivity contribution in [1.82, 2.24) is 4.90 Å². The largest absolute Gasteiger partial charge is 0.497 e. The molecule has 0 spiro atoms. The third kappa shape index (κ3) is 3.72. The Labute approximate surface area is 126 Å². The van der Waals surface area contributed by atoms with Crippen LogP contribution >= 0.6 is 0 Å². The van der Waals surface area contributed by atoms with E-state index in [9.17, 15) is 18.0 Å². The Hall–Kier alpha value is -2.18. The molecule has 1 aliphatic heterocycles. The summed E-state index contributed by atoms with van der Waals surface area (Å²) < 4.78 is 43.5. The van der Waals surface area contributed by atoms with Crippen LogP contribution in [-0.4, -0.2) is 37.0 Å². The van der Waals surface area contributed by atoms with Crippen LogP contribution in [-0.2, 0) is 11.0 Å². The fraction of sp³-hybridized carbons (Fsp3) is 0.400. The van der Waals surface area contributed by atoms with Gasteiger partial charge in [-0.3, -0.25) is 4.79 Å². The van der Waals surface area contributed by atoms with E-state index >= 15 is 0 Å². The van der Waals surface area contributed by atoms with Gasteiger partial charge in [-0.1, -0.05) is 6.58 Å². The maximum absolute atomic E-state index is 12.9. The summed E-state index contributed by atoms with van der Waals surface area (Å²) in [6, 6.07) is 3.40. The van der Waals surface area contributed by atoms with Gasteiger partial charge in [0.15, 0.2) is 0 Å². The zero-order valence-electron chi connectivity index (χ0n) is 12.1. The lowest BCUT2D eigenvalue weighted by molar-refractivity contribution is -0.137. The van der Waals surface area contributed by atoms with Crippen LogP contribution in [0.1, 0.15) is 12.0 Å². The molecule has 2 rings (SSSR count). The van der Waals surface area contributed by atoms with Gasteiger partial charge in [-0.05, 0) is 24.6 Å². The van der Waals surface area contributed by atoms with E-state index in [1.54, 1.807) is 4.90 Å². The van der Waals surface area contributed by atoms with Gasteiger partial charge < -0.3 is 15.0 Å². The van der Waals surface area contributed by atoms with Crippen molar-refractivity contribution in [2.24, 2.45) is 0 Å². The number of alkyl halides is 3. The molecule has 7 heteroatoms. The normalized spacial score (nSPS) is 18.2. The second kappa shape index (κ2) is 6.29. The molecule has 4 nitrogen and oxygen atoms in total. The molecular formula is C15H17F3N2O2. The van der Waals surface area contributed by atoms with E-state index in [0.29, 0.717) is 25.2 Å². The fourth-order valence-corrected chi connectivity index (χ4v) is 2.41. The molecule has 1 atom stereocenters. The van der Waals surface area contributed by atoms with Crippen molar-refractivity contribution < 1.29 is 22.7 Å². The number of likely N-dealkylation sites (tertiary alicyclic amines) is 1. The number of rotatable bonds is 4. The Kier molecular flexibility index (Phi) is 4.63. The van der Waals surface area contributed by atoms with Gasteiger partial charge in [-0.25, -0.2) is 0 Å². The minimum Gasteiger partial charge on any atom is -0.497 e. The number of methoxy groups -OCH3 is 1. The van der Waals surface area contributed by atoms with Crippen molar-refractivity contribution in [2.75, 3.05) is 25.5 Å². The number of hydrogen-bond acceptors (Lipinski definition) is 3. The van der Waals surface area contributed by atoms with Crippen LogP contribution in [0.5, 0.6) is 5.75 Å². The van der Waals surface area contributed by atoms with Crippen LogP contribution in [0.4, 0.5) is 18.9 Å². The molecule has 1 saturated heterocycles. The molecule has 0 aliphatic carbocycles. The molecule has 0 bridgehead atoms. The first-order valence-electron chi connectivity index (χ1n) is 6.77. The molecule has 120 valence electrons. The van der Waals surface area contributed by atoms with Crippen molar-refractivity contribution in [2.45, 2.75) is 18.6 Å². The summed E-state index contributed by atoms with van der Waals surface area (Å²) in [7, 11) is 1.32. The Balaban J connectivity index is 2.13. The average molecular weight is 314 g/mol. The first-order valence-corrected chi connectivity index (χ1v) is 6.77. The fourth-order valence-electron chi connectivity index (χ4n) is 2.41. The second-order valence-electron chi connectivity index (χ2n) is 5.07. The minimum absolute atomic E-state index is 0.0999. The van der Waals surface area contributed by atoms with E-state index in [1.165, 1.54) is 19.3 Å². The third-order valence-electron chi connectivity index (χ3n) is 3.51. The van der Waals surface area contributed by atoms with Gasteiger partial charge in [-0.15, -0.1) is 0 Å². The predicted octanol–water partition coefficient (Wildman–Crippen LogP) is 2.91. The molecule has 1 N–H and O–H groups in total. The molecule has 0 aromatic heterocycles. The molecule has 1 aromatic rings. The molecule has 1 aliphatic rings. The van der Waals surface area contributed by atoms with E-state index in [2.05, 4.69) is 11.9 Å². The molecule has 1 fully saturated rings. The van der Waals surface area contributed by atoms with Crippen LogP contribution in [0, 0.1) is 0 Å². The number of amides is 1. The highest BCUT2D eigenvalue weighted by Gasteiger charge is 2.32. The topological polar surface area (TPSA) is 41.6 Å². The molecular weight excluding hydrogens is 297 g/mol. The van der Waals surface area contributed by atoms with Crippen molar-refractivity contribution in [1.29, 1.82) is 0 Å². The quantitative estimate of drug-likeness (QED) is 0.869. The molecule has 0 radical (unpaired) electrons. The van der Waals surface area contributed by atoms with Crippen molar-refractivity contribution in [3.05, 3.63) is 36.4 Å². The van der Waals surface area contributed by atoms with Gasteiger partial charge in [-0.2, -0.15) is 13.2 Å². The van der Waals surface area contributed by atoms with Crippen LogP contribution < -0.4 is 10.1 Å². The number of benzene rings is 1. The summed E-state index contributed by atoms with van der Waals surface area (Å²) in [5.41, 5.74) is -0.448. The van der Waals surface area contributed by atoms with Crippen LogP contribution in [0.15, 0.2) is 30.9 Å². The predicted molar refractivity (Wildman–Crippen MR) is 76.8 cm³/mol. The van der Waals surface area contributed by atoms with Crippen LogP contribution in [0.3, 0.4) is 0 Å². The van der Waals surface area contributed by atoms with E-state index < -0.39 is 11.7 Å². The summed E-state index contributed by atoms with van der Waals surface area (Å²) in [5, 5.41) is 3.03. The monoisotopic (exact) mass is 314 g/mol. The Morgan fingerprint density at radius 1 is 1.45 bits per heavy atom. The molecule has 22 heavy (non-hydrogen) atoms. The number of carbonyl (C=O) groups excluding carboxylic acids is 1. The molecule has 1 aromatic carbocycles. The molecule has 0 unspecified atom stereocenters. The highest BCUT2D eigenvalue weighted by Crippen LogP contribution is 2.34. The van der Waals surface area contributed by atoms with Crippen molar-refractivity contribution >= 4 is 11.6 Å². The Bertz CT molecular complexity index is 572. The van der Waals surface area contributed by atoms with E-state index in [1.807, 2.05) is 0 Å². The zero-order valence-corrected chi connectivity index (χ0v) is 12.1. The second-order valence-corrected chi connectivity index (χ2v) is 5.07. The number of hydrogen-bond donors (Lipinski definition) is 1. The van der Waals surface area contributed by atoms with Gasteiger partial charge in [0.25, 0.3) is 0 Å². The number of nitrogens with one attached hydrogen (secondary N) is 1. The van der Waals surface area contributed by atoms with Gasteiger partial charge in [0.1, 0.15) is 5.75 Å². The molecule has 1 amide bonds.